The van der Waals surface area contributed by atoms with Crippen LogP contribution in [0, 0.1) is 0 Å². The Kier molecular flexibility index (Phi) is 7.11. The number of aliphatic imine (C=N–C) groups is 1. The van der Waals surface area contributed by atoms with E-state index in [1.165, 1.54) is 32.6 Å². The molecule has 13 rings (SSSR count). The lowest BCUT2D eigenvalue weighted by Gasteiger charge is -2.34. The highest BCUT2D eigenvalue weighted by Gasteiger charge is 2.37. The van der Waals surface area contributed by atoms with Crippen LogP contribution in [0.25, 0.3) is 93.2 Å². The molecule has 12 aromatic rings. The first-order chi connectivity index (χ1) is 30.0. The van der Waals surface area contributed by atoms with E-state index >= 15 is 0 Å². The Morgan fingerprint density at radius 3 is 1.74 bits per heavy atom. The normalized spacial score (nSPS) is 17.5. The lowest BCUT2D eigenvalue weighted by Crippen LogP contribution is -2.45. The van der Waals surface area contributed by atoms with Crippen molar-refractivity contribution in [3.63, 3.8) is 0 Å². The van der Waals surface area contributed by atoms with Gasteiger partial charge in [-0.05, 0) is 90.4 Å². The maximum atomic E-state index is 6.68. The monoisotopic (exact) mass is 786 g/mol. The number of hydrogen-bond donors (Lipinski definition) is 1. The average molecular weight is 787 g/mol. The van der Waals surface area contributed by atoms with Gasteiger partial charge < -0.3 is 18.0 Å². The van der Waals surface area contributed by atoms with Gasteiger partial charge >= 0.3 is 0 Å². The fraction of sp³-hybridized carbons (Fsp3) is 0.0727. The highest BCUT2D eigenvalue weighted by molar-refractivity contribution is 6.12. The third kappa shape index (κ3) is 5.03. The SMILES string of the molecule is C=C1CC(c2ccc3c(c2)oc2ccccc23)=NC(C)(n2c3ccccc3c3ccccc32)NC1c1ccc2c(c1)oc1ccc(-n3c4ccccc4c4ccccc43)cc12. The zero-order valence-electron chi connectivity index (χ0n) is 33.4. The van der Waals surface area contributed by atoms with Crippen LogP contribution in [0.15, 0.2) is 202 Å². The first-order valence-electron chi connectivity index (χ1n) is 20.9. The first-order valence-corrected chi connectivity index (χ1v) is 20.9. The molecule has 61 heavy (non-hydrogen) atoms. The summed E-state index contributed by atoms with van der Waals surface area (Å²) >= 11 is 0. The molecule has 2 unspecified atom stereocenters. The fourth-order valence-corrected chi connectivity index (χ4v) is 10.2. The molecule has 4 aromatic heterocycles. The molecule has 8 aromatic carbocycles. The van der Waals surface area contributed by atoms with Gasteiger partial charge in [0.1, 0.15) is 22.3 Å². The van der Waals surface area contributed by atoms with Crippen molar-refractivity contribution in [1.29, 1.82) is 0 Å². The van der Waals surface area contributed by atoms with E-state index in [0.29, 0.717) is 6.42 Å². The molecule has 290 valence electrons. The Bertz CT molecular complexity index is 3730. The molecule has 0 fully saturated rings. The van der Waals surface area contributed by atoms with Crippen LogP contribution < -0.4 is 5.32 Å². The van der Waals surface area contributed by atoms with Crippen molar-refractivity contribution in [3.8, 4) is 5.69 Å². The molecule has 0 spiro atoms. The third-order valence-electron chi connectivity index (χ3n) is 13.0. The van der Waals surface area contributed by atoms with E-state index in [1.54, 1.807) is 0 Å². The van der Waals surface area contributed by atoms with Crippen LogP contribution in [0.5, 0.6) is 0 Å². The van der Waals surface area contributed by atoms with Crippen LogP contribution in [0.2, 0.25) is 0 Å². The van der Waals surface area contributed by atoms with Crippen LogP contribution in [-0.2, 0) is 5.79 Å². The van der Waals surface area contributed by atoms with E-state index in [2.05, 4.69) is 185 Å². The highest BCUT2D eigenvalue weighted by Crippen LogP contribution is 2.42. The summed E-state index contributed by atoms with van der Waals surface area (Å²) in [5, 5.41) is 13.3. The summed E-state index contributed by atoms with van der Waals surface area (Å²) in [6, 6.07) is 62.1. The second-order valence-corrected chi connectivity index (χ2v) is 16.6. The first kappa shape index (κ1) is 34.2. The van der Waals surface area contributed by atoms with Crippen molar-refractivity contribution in [1.82, 2.24) is 14.5 Å². The molecular formula is C55H38N4O2. The van der Waals surface area contributed by atoms with Gasteiger partial charge in [-0.2, -0.15) is 0 Å². The van der Waals surface area contributed by atoms with Crippen molar-refractivity contribution in [2.45, 2.75) is 25.2 Å². The molecular weight excluding hydrogens is 749 g/mol. The largest absolute Gasteiger partial charge is 0.456 e. The van der Waals surface area contributed by atoms with E-state index in [-0.39, 0.29) is 6.04 Å². The van der Waals surface area contributed by atoms with E-state index < -0.39 is 5.79 Å². The minimum atomic E-state index is -0.926. The summed E-state index contributed by atoms with van der Waals surface area (Å²) in [7, 11) is 0. The molecule has 0 bridgehead atoms. The third-order valence-corrected chi connectivity index (χ3v) is 13.0. The molecule has 0 saturated heterocycles. The van der Waals surface area contributed by atoms with Gasteiger partial charge in [0.05, 0.1) is 33.8 Å². The van der Waals surface area contributed by atoms with Gasteiger partial charge in [0.25, 0.3) is 0 Å². The minimum Gasteiger partial charge on any atom is -0.456 e. The summed E-state index contributed by atoms with van der Waals surface area (Å²) in [4.78, 5) is 5.72. The quantitative estimate of drug-likeness (QED) is 0.181. The van der Waals surface area contributed by atoms with Crippen LogP contribution in [0.1, 0.15) is 30.5 Å². The topological polar surface area (TPSA) is 60.5 Å². The van der Waals surface area contributed by atoms with E-state index in [1.807, 2.05) is 12.1 Å². The van der Waals surface area contributed by atoms with E-state index in [4.69, 9.17) is 20.4 Å². The zero-order valence-corrected chi connectivity index (χ0v) is 33.4. The Balaban J connectivity index is 0.962. The van der Waals surface area contributed by atoms with Gasteiger partial charge in [0.15, 0.2) is 5.79 Å². The Hall–Kier alpha value is -7.67. The van der Waals surface area contributed by atoms with E-state index in [9.17, 15) is 0 Å². The molecule has 0 amide bonds. The van der Waals surface area contributed by atoms with Gasteiger partial charge in [0.2, 0.25) is 0 Å². The predicted molar refractivity (Wildman–Crippen MR) is 251 cm³/mol. The number of nitrogens with one attached hydrogen (secondary N) is 1. The van der Waals surface area contributed by atoms with Crippen molar-refractivity contribution < 1.29 is 8.83 Å². The number of nitrogens with zero attached hydrogens (tertiary/aromatic N) is 3. The van der Waals surface area contributed by atoms with Crippen LogP contribution in [0.3, 0.4) is 0 Å². The van der Waals surface area contributed by atoms with Crippen molar-refractivity contribution in [2.24, 2.45) is 4.99 Å². The molecule has 1 aliphatic rings. The number of furan rings is 2. The summed E-state index contributed by atoms with van der Waals surface area (Å²) < 4.78 is 17.8. The van der Waals surface area contributed by atoms with Crippen molar-refractivity contribution in [3.05, 3.63) is 199 Å². The average Bonchev–Trinajstić information content (AvgIpc) is 4.03. The number of para-hydroxylation sites is 5. The second-order valence-electron chi connectivity index (χ2n) is 16.6. The molecule has 5 heterocycles. The van der Waals surface area contributed by atoms with Gasteiger partial charge in [0, 0.05) is 55.2 Å². The van der Waals surface area contributed by atoms with Gasteiger partial charge in [-0.3, -0.25) is 5.32 Å². The summed E-state index contributed by atoms with van der Waals surface area (Å²) in [5.74, 6) is -0.926. The Morgan fingerprint density at radius 1 is 0.525 bits per heavy atom. The number of rotatable bonds is 4. The maximum Gasteiger partial charge on any atom is 0.189 e. The van der Waals surface area contributed by atoms with Crippen LogP contribution in [-0.4, -0.2) is 14.8 Å². The predicted octanol–water partition coefficient (Wildman–Crippen LogP) is 14.1. The zero-order chi connectivity index (χ0) is 40.4. The molecule has 1 aliphatic heterocycles. The maximum absolute atomic E-state index is 6.68. The molecule has 6 nitrogen and oxygen atoms in total. The van der Waals surface area contributed by atoms with Crippen LogP contribution in [0.4, 0.5) is 0 Å². The number of hydrogen-bond acceptors (Lipinski definition) is 4. The molecule has 0 aliphatic carbocycles. The lowest BCUT2D eigenvalue weighted by molar-refractivity contribution is 0.254. The molecule has 1 N–H and O–H groups in total. The molecule has 6 heteroatoms. The fourth-order valence-electron chi connectivity index (χ4n) is 10.2. The summed E-state index contributed by atoms with van der Waals surface area (Å²) in [6.45, 7) is 6.97. The van der Waals surface area contributed by atoms with Gasteiger partial charge in [-0.1, -0.05) is 116 Å². The molecule has 0 radical (unpaired) electrons. The highest BCUT2D eigenvalue weighted by atomic mass is 16.3. The number of benzene rings is 8. The standard InChI is InChI=1S/C55H38N4O2/c1-33-29-45(34-23-26-42-41-17-7-12-22-50(41)60-52(42)30-34)56-55(2,59-48-20-10-5-15-39(48)40-16-6-11-21-49(40)59)57-54(33)35-24-27-43-44-32-36(25-28-51(44)61-53(43)31-35)58-46-18-8-3-13-37(46)38-14-4-9-19-47(38)58/h3-28,30-32,54,57H,1,29H2,2H3. The summed E-state index contributed by atoms with van der Waals surface area (Å²) in [6.07, 6.45) is 0.566. The van der Waals surface area contributed by atoms with Crippen LogP contribution >= 0.6 is 0 Å². The van der Waals surface area contributed by atoms with Gasteiger partial charge in [-0.25, -0.2) is 4.99 Å². The number of fused-ring (bicyclic) bond motifs is 12. The molecule has 0 saturated carbocycles. The van der Waals surface area contributed by atoms with Gasteiger partial charge in [-0.15, -0.1) is 0 Å². The number of aromatic nitrogens is 2. The Morgan fingerprint density at radius 2 is 1.05 bits per heavy atom. The second kappa shape index (κ2) is 12.7. The van der Waals surface area contributed by atoms with E-state index in [0.717, 1.165) is 83.0 Å². The Labute approximate surface area is 350 Å². The molecule has 2 atom stereocenters. The summed E-state index contributed by atoms with van der Waals surface area (Å²) in [5.41, 5.74) is 13.1. The smallest absolute Gasteiger partial charge is 0.189 e. The lowest BCUT2D eigenvalue weighted by atomic mass is 9.93. The van der Waals surface area contributed by atoms with Crippen molar-refractivity contribution in [2.75, 3.05) is 0 Å². The van der Waals surface area contributed by atoms with Crippen molar-refractivity contribution >= 4 is 93.2 Å². The minimum absolute atomic E-state index is 0.258.